The second kappa shape index (κ2) is 3.16. The minimum Gasteiger partial charge on any atom is -0.406 e. The summed E-state index contributed by atoms with van der Waals surface area (Å²) in [5.41, 5.74) is 6.02. The Bertz CT molecular complexity index is 256. The van der Waals surface area contributed by atoms with Gasteiger partial charge in [-0.15, -0.1) is 5.10 Å². The number of esters is 1. The molecule has 60 valence electrons. The third kappa shape index (κ3) is 2.05. The predicted octanol–water partition coefficient (Wildman–Crippen LogP) is -0.206. The van der Waals surface area contributed by atoms with Gasteiger partial charge in [0.1, 0.15) is 0 Å². The molecule has 1 aromatic rings. The molecule has 0 aliphatic rings. The van der Waals surface area contributed by atoms with Gasteiger partial charge >= 0.3 is 5.97 Å². The number of nitrogens with one attached hydrogen (secondary N) is 1. The number of aromatic nitrogens is 2. The Morgan fingerprint density at radius 1 is 1.91 bits per heavy atom. The highest BCUT2D eigenvalue weighted by molar-refractivity contribution is 5.68. The molecule has 5 nitrogen and oxygen atoms in total. The summed E-state index contributed by atoms with van der Waals surface area (Å²) in [6.07, 6.45) is 0. The van der Waals surface area contributed by atoms with Crippen LogP contribution in [0, 0.1) is 0 Å². The van der Waals surface area contributed by atoms with Crippen LogP contribution in [0.25, 0.3) is 0 Å². The first-order chi connectivity index (χ1) is 5.22. The Hall–Kier alpha value is -1.36. The molecule has 0 fully saturated rings. The van der Waals surface area contributed by atoms with Gasteiger partial charge in [0.2, 0.25) is 5.88 Å². The average molecular weight is 155 g/mol. The van der Waals surface area contributed by atoms with Crippen LogP contribution >= 0.6 is 0 Å². The van der Waals surface area contributed by atoms with Crippen molar-refractivity contribution < 1.29 is 9.53 Å². The van der Waals surface area contributed by atoms with Crippen molar-refractivity contribution in [3.05, 3.63) is 11.8 Å². The predicted molar refractivity (Wildman–Crippen MR) is 37.8 cm³/mol. The van der Waals surface area contributed by atoms with E-state index in [0.717, 1.165) is 5.69 Å². The number of ether oxygens (including phenoxy) is 1. The van der Waals surface area contributed by atoms with Crippen LogP contribution < -0.4 is 10.5 Å². The summed E-state index contributed by atoms with van der Waals surface area (Å²) in [6, 6.07) is 1.58. The summed E-state index contributed by atoms with van der Waals surface area (Å²) in [7, 11) is 0. The van der Waals surface area contributed by atoms with E-state index in [1.165, 1.54) is 6.92 Å². The van der Waals surface area contributed by atoms with Gasteiger partial charge in [0, 0.05) is 19.5 Å². The first kappa shape index (κ1) is 7.74. The van der Waals surface area contributed by atoms with Crippen LogP contribution in [0.15, 0.2) is 6.07 Å². The van der Waals surface area contributed by atoms with Gasteiger partial charge in [-0.25, -0.2) is 0 Å². The zero-order valence-electron chi connectivity index (χ0n) is 6.13. The van der Waals surface area contributed by atoms with Gasteiger partial charge in [-0.05, 0) is 0 Å². The van der Waals surface area contributed by atoms with E-state index in [2.05, 4.69) is 14.9 Å². The zero-order chi connectivity index (χ0) is 8.27. The number of rotatable bonds is 2. The van der Waals surface area contributed by atoms with Crippen LogP contribution in [0.4, 0.5) is 0 Å². The molecule has 0 saturated carbocycles. The molecule has 0 atom stereocenters. The number of aromatic amines is 1. The van der Waals surface area contributed by atoms with E-state index in [-0.39, 0.29) is 11.8 Å². The van der Waals surface area contributed by atoms with Gasteiger partial charge in [0.05, 0.1) is 5.69 Å². The van der Waals surface area contributed by atoms with Crippen LogP contribution in [0.1, 0.15) is 12.6 Å². The second-order valence-electron chi connectivity index (χ2n) is 2.03. The van der Waals surface area contributed by atoms with Gasteiger partial charge < -0.3 is 10.5 Å². The first-order valence-corrected chi connectivity index (χ1v) is 3.15. The second-order valence-corrected chi connectivity index (χ2v) is 2.03. The van der Waals surface area contributed by atoms with Crippen molar-refractivity contribution in [2.45, 2.75) is 13.5 Å². The smallest absolute Gasteiger partial charge is 0.309 e. The molecule has 1 rings (SSSR count). The topological polar surface area (TPSA) is 81.0 Å². The maximum Gasteiger partial charge on any atom is 0.309 e. The van der Waals surface area contributed by atoms with Crippen molar-refractivity contribution in [1.29, 1.82) is 0 Å². The summed E-state index contributed by atoms with van der Waals surface area (Å²) in [5.74, 6) is -0.127. The molecule has 1 aromatic heterocycles. The Kier molecular flexibility index (Phi) is 2.22. The lowest BCUT2D eigenvalue weighted by Gasteiger charge is -1.90. The number of carbonyl (C=O) groups excluding carboxylic acids is 1. The molecule has 0 aromatic carbocycles. The maximum absolute atomic E-state index is 10.4. The van der Waals surface area contributed by atoms with Crippen molar-refractivity contribution in [2.24, 2.45) is 5.73 Å². The van der Waals surface area contributed by atoms with E-state index in [9.17, 15) is 4.79 Å². The van der Waals surface area contributed by atoms with Crippen LogP contribution in [0.5, 0.6) is 5.88 Å². The van der Waals surface area contributed by atoms with Crippen LogP contribution in [-0.2, 0) is 11.3 Å². The van der Waals surface area contributed by atoms with Crippen molar-refractivity contribution in [1.82, 2.24) is 10.2 Å². The third-order valence-corrected chi connectivity index (χ3v) is 1.08. The molecule has 1 heterocycles. The Morgan fingerprint density at radius 3 is 3.09 bits per heavy atom. The zero-order valence-corrected chi connectivity index (χ0v) is 6.13. The van der Waals surface area contributed by atoms with Crippen LogP contribution in [0.3, 0.4) is 0 Å². The summed E-state index contributed by atoms with van der Waals surface area (Å²) in [5, 5.41) is 6.29. The average Bonchev–Trinajstić information content (AvgIpc) is 2.34. The molecule has 0 amide bonds. The molecular formula is C6H9N3O2. The fraction of sp³-hybridized carbons (Fsp3) is 0.333. The van der Waals surface area contributed by atoms with Crippen molar-refractivity contribution >= 4 is 5.97 Å². The molecular weight excluding hydrogens is 146 g/mol. The van der Waals surface area contributed by atoms with Crippen molar-refractivity contribution in [2.75, 3.05) is 0 Å². The summed E-state index contributed by atoms with van der Waals surface area (Å²) in [4.78, 5) is 10.4. The number of carbonyl (C=O) groups is 1. The molecule has 0 bridgehead atoms. The van der Waals surface area contributed by atoms with Gasteiger partial charge in [0.15, 0.2) is 0 Å². The Labute approximate surface area is 63.5 Å². The van der Waals surface area contributed by atoms with Crippen LogP contribution in [0.2, 0.25) is 0 Å². The SMILES string of the molecule is CC(=O)Oc1cc(CN)[nH]n1. The Morgan fingerprint density at radius 2 is 2.64 bits per heavy atom. The minimum absolute atomic E-state index is 0.262. The fourth-order valence-electron chi connectivity index (χ4n) is 0.645. The molecule has 0 aliphatic heterocycles. The fourth-order valence-corrected chi connectivity index (χ4v) is 0.645. The highest BCUT2D eigenvalue weighted by atomic mass is 16.5. The maximum atomic E-state index is 10.4. The minimum atomic E-state index is -0.389. The molecule has 3 N–H and O–H groups in total. The van der Waals surface area contributed by atoms with E-state index in [1.807, 2.05) is 0 Å². The number of nitrogens with two attached hydrogens (primary N) is 1. The lowest BCUT2D eigenvalue weighted by molar-refractivity contribution is -0.132. The van der Waals surface area contributed by atoms with E-state index in [4.69, 9.17) is 5.73 Å². The van der Waals surface area contributed by atoms with Gasteiger partial charge in [0.25, 0.3) is 0 Å². The van der Waals surface area contributed by atoms with Gasteiger partial charge in [-0.1, -0.05) is 0 Å². The van der Waals surface area contributed by atoms with Gasteiger partial charge in [-0.2, -0.15) is 0 Å². The normalized spacial score (nSPS) is 9.64. The summed E-state index contributed by atoms with van der Waals surface area (Å²) in [6.45, 7) is 1.67. The van der Waals surface area contributed by atoms with Crippen molar-refractivity contribution in [3.8, 4) is 5.88 Å². The number of H-pyrrole nitrogens is 1. The molecule has 0 spiro atoms. The van der Waals surface area contributed by atoms with Gasteiger partial charge in [-0.3, -0.25) is 9.89 Å². The van der Waals surface area contributed by atoms with Crippen molar-refractivity contribution in [3.63, 3.8) is 0 Å². The summed E-state index contributed by atoms with van der Waals surface area (Å²) >= 11 is 0. The largest absolute Gasteiger partial charge is 0.406 e. The first-order valence-electron chi connectivity index (χ1n) is 3.15. The monoisotopic (exact) mass is 155 g/mol. The molecule has 5 heteroatoms. The molecule has 0 aliphatic carbocycles. The van der Waals surface area contributed by atoms with E-state index in [0.29, 0.717) is 6.54 Å². The summed E-state index contributed by atoms with van der Waals surface area (Å²) < 4.78 is 4.66. The molecule has 0 saturated heterocycles. The van der Waals surface area contributed by atoms with E-state index >= 15 is 0 Å². The lowest BCUT2D eigenvalue weighted by Crippen LogP contribution is -2.01. The highest BCUT2D eigenvalue weighted by Crippen LogP contribution is 2.06. The standard InChI is InChI=1S/C6H9N3O2/c1-4(10)11-6-2-5(3-7)8-9-6/h2H,3,7H2,1H3,(H,8,9). The molecule has 11 heavy (non-hydrogen) atoms. The lowest BCUT2D eigenvalue weighted by atomic mass is 10.4. The van der Waals surface area contributed by atoms with E-state index in [1.54, 1.807) is 6.07 Å². The third-order valence-electron chi connectivity index (χ3n) is 1.08. The molecule has 0 radical (unpaired) electrons. The quantitative estimate of drug-likeness (QED) is 0.579. The number of hydrogen-bond donors (Lipinski definition) is 2. The number of nitrogens with zero attached hydrogens (tertiary/aromatic N) is 1. The highest BCUT2D eigenvalue weighted by Gasteiger charge is 2.01. The Balaban J connectivity index is 2.65. The molecule has 0 unspecified atom stereocenters. The van der Waals surface area contributed by atoms with Crippen LogP contribution in [-0.4, -0.2) is 16.2 Å². The number of hydrogen-bond acceptors (Lipinski definition) is 4. The van der Waals surface area contributed by atoms with E-state index < -0.39 is 0 Å².